The molecule has 1 N–H and O–H groups in total. The van der Waals surface area contributed by atoms with Gasteiger partial charge in [-0.05, 0) is 44.8 Å². The van der Waals surface area contributed by atoms with Crippen molar-refractivity contribution in [2.24, 2.45) is 0 Å². The number of amides is 1. The van der Waals surface area contributed by atoms with Crippen LogP contribution in [-0.2, 0) is 0 Å². The lowest BCUT2D eigenvalue weighted by atomic mass is 10.0. The molecule has 152 valence electrons. The first-order valence-corrected chi connectivity index (χ1v) is 9.40. The summed E-state index contributed by atoms with van der Waals surface area (Å²) in [5.41, 5.74) is 1.55. The molecule has 0 spiro atoms. The largest absolute Gasteiger partial charge is 0.496 e. The van der Waals surface area contributed by atoms with E-state index >= 15 is 0 Å². The molecule has 0 fully saturated rings. The molecule has 0 saturated heterocycles. The molecule has 6 nitrogen and oxygen atoms in total. The normalized spacial score (nSPS) is 11.8. The van der Waals surface area contributed by atoms with Crippen LogP contribution in [0.5, 0.6) is 17.2 Å². The maximum absolute atomic E-state index is 12.7. The van der Waals surface area contributed by atoms with Crippen LogP contribution in [0.15, 0.2) is 42.5 Å². The Kier molecular flexibility index (Phi) is 8.14. The van der Waals surface area contributed by atoms with Crippen molar-refractivity contribution in [1.82, 2.24) is 10.2 Å². The molecule has 0 aliphatic rings. The van der Waals surface area contributed by atoms with Crippen LogP contribution in [0.4, 0.5) is 0 Å². The van der Waals surface area contributed by atoms with Crippen LogP contribution in [0, 0.1) is 0 Å². The zero-order chi connectivity index (χ0) is 20.5. The van der Waals surface area contributed by atoms with Gasteiger partial charge in [-0.15, -0.1) is 0 Å². The van der Waals surface area contributed by atoms with Crippen molar-refractivity contribution in [3.63, 3.8) is 0 Å². The highest BCUT2D eigenvalue weighted by molar-refractivity contribution is 5.94. The molecule has 0 aliphatic heterocycles. The minimum atomic E-state index is -0.165. The molecular weight excluding hydrogens is 356 g/mol. The predicted molar refractivity (Wildman–Crippen MR) is 111 cm³/mol. The number of nitrogens with zero attached hydrogens (tertiary/aromatic N) is 1. The van der Waals surface area contributed by atoms with Crippen LogP contribution < -0.4 is 19.5 Å². The summed E-state index contributed by atoms with van der Waals surface area (Å²) in [6, 6.07) is 13.0. The van der Waals surface area contributed by atoms with Gasteiger partial charge in [-0.25, -0.2) is 0 Å². The lowest BCUT2D eigenvalue weighted by molar-refractivity contribution is 0.0941. The summed E-state index contributed by atoms with van der Waals surface area (Å²) >= 11 is 0. The molecular formula is C22H30N2O4. The number of benzene rings is 2. The van der Waals surface area contributed by atoms with Gasteiger partial charge in [0.15, 0.2) is 11.5 Å². The maximum atomic E-state index is 12.7. The standard InChI is InChI=1S/C22H30N2O4/c1-6-13-28-20-12-11-16(14-21(20)27-5)22(25)23-15-18(24(2)3)17-9-7-8-10-19(17)26-4/h7-12,14,18H,6,13,15H2,1-5H3,(H,23,25)/t18-/m1/s1. The van der Waals surface area contributed by atoms with Gasteiger partial charge in [-0.1, -0.05) is 25.1 Å². The van der Waals surface area contributed by atoms with E-state index in [0.717, 1.165) is 17.7 Å². The van der Waals surface area contributed by atoms with E-state index in [9.17, 15) is 4.79 Å². The summed E-state index contributed by atoms with van der Waals surface area (Å²) in [5.74, 6) is 1.83. The third-order valence-corrected chi connectivity index (χ3v) is 4.46. The number of carbonyl (C=O) groups excluding carboxylic acids is 1. The van der Waals surface area contributed by atoms with Crippen LogP contribution in [0.1, 0.15) is 35.3 Å². The van der Waals surface area contributed by atoms with Crippen LogP contribution in [-0.4, -0.2) is 52.3 Å². The number of para-hydroxylation sites is 1. The summed E-state index contributed by atoms with van der Waals surface area (Å²) < 4.78 is 16.5. The number of ether oxygens (including phenoxy) is 3. The second-order valence-electron chi connectivity index (χ2n) is 6.65. The average molecular weight is 386 g/mol. The molecule has 1 amide bonds. The first-order chi connectivity index (χ1) is 13.5. The summed E-state index contributed by atoms with van der Waals surface area (Å²) in [6.45, 7) is 3.09. The Morgan fingerprint density at radius 3 is 2.39 bits per heavy atom. The minimum Gasteiger partial charge on any atom is -0.496 e. The van der Waals surface area contributed by atoms with Crippen LogP contribution in [0.2, 0.25) is 0 Å². The summed E-state index contributed by atoms with van der Waals surface area (Å²) in [7, 11) is 7.18. The van der Waals surface area contributed by atoms with E-state index in [1.165, 1.54) is 0 Å². The summed E-state index contributed by atoms with van der Waals surface area (Å²) in [4.78, 5) is 14.7. The summed E-state index contributed by atoms with van der Waals surface area (Å²) in [6.07, 6.45) is 0.903. The number of hydrogen-bond donors (Lipinski definition) is 1. The molecule has 0 saturated carbocycles. The first-order valence-electron chi connectivity index (χ1n) is 9.40. The summed E-state index contributed by atoms with van der Waals surface area (Å²) in [5, 5.41) is 3.01. The quantitative estimate of drug-likeness (QED) is 0.677. The molecule has 6 heteroatoms. The van der Waals surface area contributed by atoms with Crippen molar-refractivity contribution in [1.29, 1.82) is 0 Å². The van der Waals surface area contributed by atoms with E-state index in [1.807, 2.05) is 45.3 Å². The molecule has 0 aromatic heterocycles. The Bertz CT molecular complexity index is 777. The molecule has 28 heavy (non-hydrogen) atoms. The Morgan fingerprint density at radius 1 is 1.04 bits per heavy atom. The van der Waals surface area contributed by atoms with Crippen LogP contribution >= 0.6 is 0 Å². The van der Waals surface area contributed by atoms with Crippen LogP contribution in [0.3, 0.4) is 0 Å². The SMILES string of the molecule is CCCOc1ccc(C(=O)NC[C@H](c2ccccc2OC)N(C)C)cc1OC. The highest BCUT2D eigenvalue weighted by Crippen LogP contribution is 2.29. The third-order valence-electron chi connectivity index (χ3n) is 4.46. The van der Waals surface area contributed by atoms with Crippen molar-refractivity contribution in [3.05, 3.63) is 53.6 Å². The number of hydrogen-bond acceptors (Lipinski definition) is 5. The van der Waals surface area contributed by atoms with Gasteiger partial charge in [-0.3, -0.25) is 4.79 Å². The van der Waals surface area contributed by atoms with E-state index in [4.69, 9.17) is 14.2 Å². The molecule has 2 rings (SSSR count). The fraction of sp³-hybridized carbons (Fsp3) is 0.409. The van der Waals surface area contributed by atoms with Gasteiger partial charge in [0, 0.05) is 17.7 Å². The molecule has 0 bridgehead atoms. The highest BCUT2D eigenvalue weighted by atomic mass is 16.5. The third kappa shape index (κ3) is 5.39. The Hall–Kier alpha value is -2.73. The van der Waals surface area contributed by atoms with E-state index in [1.54, 1.807) is 32.4 Å². The smallest absolute Gasteiger partial charge is 0.251 e. The van der Waals surface area contributed by atoms with Crippen molar-refractivity contribution in [2.45, 2.75) is 19.4 Å². The molecule has 0 radical (unpaired) electrons. The van der Waals surface area contributed by atoms with Crippen molar-refractivity contribution in [3.8, 4) is 17.2 Å². The van der Waals surface area contributed by atoms with E-state index in [-0.39, 0.29) is 11.9 Å². The fourth-order valence-corrected chi connectivity index (χ4v) is 2.94. The van der Waals surface area contributed by atoms with Crippen LogP contribution in [0.25, 0.3) is 0 Å². The lowest BCUT2D eigenvalue weighted by Crippen LogP contribution is -2.34. The number of nitrogens with one attached hydrogen (secondary N) is 1. The molecule has 0 aliphatic carbocycles. The van der Waals surface area contributed by atoms with E-state index < -0.39 is 0 Å². The van der Waals surface area contributed by atoms with Crippen molar-refractivity contribution in [2.75, 3.05) is 41.5 Å². The highest BCUT2D eigenvalue weighted by Gasteiger charge is 2.20. The minimum absolute atomic E-state index is 0.0193. The van der Waals surface area contributed by atoms with Gasteiger partial charge in [0.2, 0.25) is 0 Å². The number of rotatable bonds is 10. The molecule has 0 heterocycles. The topological polar surface area (TPSA) is 60.0 Å². The fourth-order valence-electron chi connectivity index (χ4n) is 2.94. The second kappa shape index (κ2) is 10.6. The molecule has 2 aromatic carbocycles. The zero-order valence-electron chi connectivity index (χ0n) is 17.3. The predicted octanol–water partition coefficient (Wildman–Crippen LogP) is 3.53. The second-order valence-corrected chi connectivity index (χ2v) is 6.65. The van der Waals surface area contributed by atoms with E-state index in [0.29, 0.717) is 30.2 Å². The number of methoxy groups -OCH3 is 2. The zero-order valence-corrected chi connectivity index (χ0v) is 17.3. The van der Waals surface area contributed by atoms with Gasteiger partial charge in [0.1, 0.15) is 5.75 Å². The van der Waals surface area contributed by atoms with Crippen molar-refractivity contribution >= 4 is 5.91 Å². The monoisotopic (exact) mass is 386 g/mol. The van der Waals surface area contributed by atoms with Gasteiger partial charge in [0.05, 0.1) is 26.9 Å². The van der Waals surface area contributed by atoms with Gasteiger partial charge >= 0.3 is 0 Å². The Labute approximate surface area is 167 Å². The Morgan fingerprint density at radius 2 is 1.75 bits per heavy atom. The van der Waals surface area contributed by atoms with Gasteiger partial charge < -0.3 is 24.4 Å². The Balaban J connectivity index is 2.12. The van der Waals surface area contributed by atoms with Gasteiger partial charge in [-0.2, -0.15) is 0 Å². The van der Waals surface area contributed by atoms with Gasteiger partial charge in [0.25, 0.3) is 5.91 Å². The first kappa shape index (κ1) is 21.6. The van der Waals surface area contributed by atoms with Crippen molar-refractivity contribution < 1.29 is 19.0 Å². The maximum Gasteiger partial charge on any atom is 0.251 e. The van der Waals surface area contributed by atoms with E-state index in [2.05, 4.69) is 10.2 Å². The lowest BCUT2D eigenvalue weighted by Gasteiger charge is -2.26. The number of likely N-dealkylation sites (N-methyl/N-ethyl adjacent to an activating group) is 1. The molecule has 1 atom stereocenters. The molecule has 0 unspecified atom stereocenters. The number of carbonyl (C=O) groups is 1. The molecule has 2 aromatic rings. The average Bonchev–Trinajstić information content (AvgIpc) is 2.72.